The minimum Gasteiger partial charge on any atom is -0.435 e. The molecule has 0 unspecified atom stereocenters. The van der Waals surface area contributed by atoms with Gasteiger partial charge in [0.15, 0.2) is 0 Å². The van der Waals surface area contributed by atoms with E-state index < -0.39 is 6.61 Å². The predicted octanol–water partition coefficient (Wildman–Crippen LogP) is 2.96. The summed E-state index contributed by atoms with van der Waals surface area (Å²) in [4.78, 5) is 0. The summed E-state index contributed by atoms with van der Waals surface area (Å²) >= 11 is 0. The van der Waals surface area contributed by atoms with Crippen molar-refractivity contribution in [2.24, 2.45) is 0 Å². The lowest BCUT2D eigenvalue weighted by Gasteiger charge is -2.13. The van der Waals surface area contributed by atoms with Gasteiger partial charge >= 0.3 is 6.61 Å². The Labute approximate surface area is 88.3 Å². The highest BCUT2D eigenvalue weighted by atomic mass is 19.3. The van der Waals surface area contributed by atoms with E-state index in [0.29, 0.717) is 0 Å². The Hall–Kier alpha value is -1.16. The molecule has 1 N–H and O–H groups in total. The average Bonchev–Trinajstić information content (AvgIpc) is 2.18. The van der Waals surface area contributed by atoms with Crippen LogP contribution in [0.5, 0.6) is 5.75 Å². The van der Waals surface area contributed by atoms with Crippen LogP contribution in [0.4, 0.5) is 8.78 Å². The molecule has 0 radical (unpaired) electrons. The molecule has 84 valence electrons. The van der Waals surface area contributed by atoms with Crippen LogP contribution in [0.15, 0.2) is 24.3 Å². The van der Waals surface area contributed by atoms with Crippen LogP contribution >= 0.6 is 0 Å². The summed E-state index contributed by atoms with van der Waals surface area (Å²) < 4.78 is 28.0. The maximum Gasteiger partial charge on any atom is 0.387 e. The molecule has 0 aliphatic carbocycles. The van der Waals surface area contributed by atoms with Gasteiger partial charge in [-0.1, -0.05) is 19.1 Å². The SMILES string of the molecule is CCN[C@@H](C)c1ccc(OC(F)F)cc1. The van der Waals surface area contributed by atoms with E-state index in [0.717, 1.165) is 12.1 Å². The molecule has 1 aromatic rings. The highest BCUT2D eigenvalue weighted by molar-refractivity contribution is 5.28. The van der Waals surface area contributed by atoms with Gasteiger partial charge in [0.05, 0.1) is 0 Å². The van der Waals surface area contributed by atoms with Crippen molar-refractivity contribution in [3.63, 3.8) is 0 Å². The van der Waals surface area contributed by atoms with E-state index in [2.05, 4.69) is 10.1 Å². The lowest BCUT2D eigenvalue weighted by atomic mass is 10.1. The van der Waals surface area contributed by atoms with E-state index in [1.165, 1.54) is 0 Å². The Bertz CT molecular complexity index is 287. The number of benzene rings is 1. The van der Waals surface area contributed by atoms with Crippen molar-refractivity contribution in [1.29, 1.82) is 0 Å². The third-order valence-electron chi connectivity index (χ3n) is 2.12. The molecule has 0 aliphatic heterocycles. The van der Waals surface area contributed by atoms with Crippen LogP contribution in [0.25, 0.3) is 0 Å². The van der Waals surface area contributed by atoms with Gasteiger partial charge in [-0.25, -0.2) is 0 Å². The van der Waals surface area contributed by atoms with Crippen molar-refractivity contribution in [2.75, 3.05) is 6.54 Å². The number of ether oxygens (including phenoxy) is 1. The molecule has 0 aliphatic rings. The fraction of sp³-hybridized carbons (Fsp3) is 0.455. The highest BCUT2D eigenvalue weighted by Crippen LogP contribution is 2.18. The summed E-state index contributed by atoms with van der Waals surface area (Å²) in [7, 11) is 0. The minimum absolute atomic E-state index is 0.192. The summed E-state index contributed by atoms with van der Waals surface area (Å²) in [5.41, 5.74) is 1.05. The molecule has 15 heavy (non-hydrogen) atoms. The molecule has 0 fully saturated rings. The van der Waals surface area contributed by atoms with Crippen LogP contribution in [0.2, 0.25) is 0 Å². The van der Waals surface area contributed by atoms with Gasteiger partial charge in [0.1, 0.15) is 5.75 Å². The van der Waals surface area contributed by atoms with E-state index in [9.17, 15) is 8.78 Å². The molecule has 0 spiro atoms. The molecule has 1 atom stereocenters. The molecule has 2 nitrogen and oxygen atoms in total. The van der Waals surface area contributed by atoms with Gasteiger partial charge in [-0.15, -0.1) is 0 Å². The van der Waals surface area contributed by atoms with Crippen molar-refractivity contribution >= 4 is 0 Å². The third-order valence-corrected chi connectivity index (χ3v) is 2.12. The molecule has 4 heteroatoms. The van der Waals surface area contributed by atoms with Gasteiger partial charge in [-0.3, -0.25) is 0 Å². The van der Waals surface area contributed by atoms with Crippen LogP contribution in [0, 0.1) is 0 Å². The second-order valence-corrected chi connectivity index (χ2v) is 3.23. The molecule has 0 aromatic heterocycles. The summed E-state index contributed by atoms with van der Waals surface area (Å²) in [5.74, 6) is 0.192. The molecule has 1 rings (SSSR count). The third kappa shape index (κ3) is 3.83. The number of halogens is 2. The molecule has 0 saturated heterocycles. The first-order valence-corrected chi connectivity index (χ1v) is 4.91. The Balaban J connectivity index is 2.63. The summed E-state index contributed by atoms with van der Waals surface area (Å²) in [6.45, 7) is 2.15. The summed E-state index contributed by atoms with van der Waals surface area (Å²) in [6, 6.07) is 6.89. The van der Waals surface area contributed by atoms with Crippen molar-refractivity contribution < 1.29 is 13.5 Å². The standard InChI is InChI=1S/C11H15F2NO/c1-3-14-8(2)9-4-6-10(7-5-9)15-11(12)13/h4-8,11,14H,3H2,1-2H3/t8-/m0/s1. The number of alkyl halides is 2. The van der Waals surface area contributed by atoms with Crippen molar-refractivity contribution in [3.8, 4) is 5.75 Å². The van der Waals surface area contributed by atoms with Gasteiger partial charge < -0.3 is 10.1 Å². The van der Waals surface area contributed by atoms with E-state index in [4.69, 9.17) is 0 Å². The van der Waals surface area contributed by atoms with E-state index in [-0.39, 0.29) is 11.8 Å². The van der Waals surface area contributed by atoms with Gasteiger partial charge in [0.25, 0.3) is 0 Å². The van der Waals surface area contributed by atoms with Crippen molar-refractivity contribution in [2.45, 2.75) is 26.5 Å². The van der Waals surface area contributed by atoms with Gasteiger partial charge in [0, 0.05) is 6.04 Å². The van der Waals surface area contributed by atoms with E-state index in [1.807, 2.05) is 13.8 Å². The topological polar surface area (TPSA) is 21.3 Å². The summed E-state index contributed by atoms with van der Waals surface area (Å²) in [5, 5.41) is 3.23. The van der Waals surface area contributed by atoms with Crippen LogP contribution in [-0.2, 0) is 0 Å². The molecule has 0 saturated carbocycles. The smallest absolute Gasteiger partial charge is 0.387 e. The van der Waals surface area contributed by atoms with Crippen LogP contribution in [0.3, 0.4) is 0 Å². The lowest BCUT2D eigenvalue weighted by molar-refractivity contribution is -0.0498. The van der Waals surface area contributed by atoms with Gasteiger partial charge in [-0.2, -0.15) is 8.78 Å². The van der Waals surface area contributed by atoms with Gasteiger partial charge in [0.2, 0.25) is 0 Å². The second-order valence-electron chi connectivity index (χ2n) is 3.23. The molecular formula is C11H15F2NO. The Morgan fingerprint density at radius 2 is 1.87 bits per heavy atom. The Morgan fingerprint density at radius 1 is 1.27 bits per heavy atom. The maximum atomic E-state index is 11.9. The zero-order chi connectivity index (χ0) is 11.3. The number of hydrogen-bond acceptors (Lipinski definition) is 2. The highest BCUT2D eigenvalue weighted by Gasteiger charge is 2.06. The molecule has 0 bridgehead atoms. The van der Waals surface area contributed by atoms with E-state index >= 15 is 0 Å². The van der Waals surface area contributed by atoms with Crippen LogP contribution in [0.1, 0.15) is 25.5 Å². The first kappa shape index (κ1) is 11.9. The molecule has 0 heterocycles. The van der Waals surface area contributed by atoms with Crippen molar-refractivity contribution in [1.82, 2.24) is 5.32 Å². The van der Waals surface area contributed by atoms with Gasteiger partial charge in [-0.05, 0) is 31.2 Å². The number of hydrogen-bond donors (Lipinski definition) is 1. The lowest BCUT2D eigenvalue weighted by Crippen LogP contribution is -2.17. The predicted molar refractivity (Wildman–Crippen MR) is 55.2 cm³/mol. The van der Waals surface area contributed by atoms with E-state index in [1.54, 1.807) is 24.3 Å². The summed E-state index contributed by atoms with van der Waals surface area (Å²) in [6.07, 6.45) is 0. The second kappa shape index (κ2) is 5.66. The monoisotopic (exact) mass is 215 g/mol. The molecule has 0 amide bonds. The first-order chi connectivity index (χ1) is 7.13. The van der Waals surface area contributed by atoms with Crippen molar-refractivity contribution in [3.05, 3.63) is 29.8 Å². The largest absolute Gasteiger partial charge is 0.435 e. The fourth-order valence-electron chi connectivity index (χ4n) is 1.36. The quantitative estimate of drug-likeness (QED) is 0.815. The number of rotatable bonds is 5. The number of nitrogens with one attached hydrogen (secondary N) is 1. The zero-order valence-electron chi connectivity index (χ0n) is 8.84. The maximum absolute atomic E-state index is 11.9. The zero-order valence-corrected chi connectivity index (χ0v) is 8.84. The fourth-order valence-corrected chi connectivity index (χ4v) is 1.36. The van der Waals surface area contributed by atoms with Crippen LogP contribution in [-0.4, -0.2) is 13.2 Å². The normalized spacial score (nSPS) is 12.9. The van der Waals surface area contributed by atoms with Crippen LogP contribution < -0.4 is 10.1 Å². The minimum atomic E-state index is -2.76. The Morgan fingerprint density at radius 3 is 2.33 bits per heavy atom. The Kier molecular flexibility index (Phi) is 4.49. The molecular weight excluding hydrogens is 200 g/mol. The average molecular weight is 215 g/mol. The first-order valence-electron chi connectivity index (χ1n) is 4.91. The molecule has 1 aromatic carbocycles.